The molecule has 3 aromatic heterocycles. The maximum Gasteiger partial charge on any atom is 0.323 e. The fourth-order valence-electron chi connectivity index (χ4n) is 6.30. The Labute approximate surface area is 237 Å². The fourth-order valence-corrected chi connectivity index (χ4v) is 6.30. The van der Waals surface area contributed by atoms with Gasteiger partial charge in [0, 0.05) is 43.5 Å². The van der Waals surface area contributed by atoms with Gasteiger partial charge in [0.25, 0.3) is 5.91 Å². The highest BCUT2D eigenvalue weighted by atomic mass is 19.1. The number of nitrogens with zero attached hydrogens (tertiary/aromatic N) is 4. The average molecular weight is 555 g/mol. The molecular weight excluding hydrogens is 519 g/mol. The summed E-state index contributed by atoms with van der Waals surface area (Å²) in [6, 6.07) is 12.5. The summed E-state index contributed by atoms with van der Waals surface area (Å²) in [5.41, 5.74) is 5.69. The van der Waals surface area contributed by atoms with Gasteiger partial charge in [-0.3, -0.25) is 14.7 Å². The first kappa shape index (κ1) is 27.0. The summed E-state index contributed by atoms with van der Waals surface area (Å²) < 4.78 is 16.5. The van der Waals surface area contributed by atoms with Crippen LogP contribution in [0.15, 0.2) is 65.8 Å². The molecule has 0 aliphatic carbocycles. The summed E-state index contributed by atoms with van der Waals surface area (Å²) >= 11 is 0. The third-order valence-electron chi connectivity index (χ3n) is 8.24. The van der Waals surface area contributed by atoms with Crippen molar-refractivity contribution in [2.45, 2.75) is 52.1 Å². The molecule has 8 nitrogen and oxygen atoms in total. The lowest BCUT2D eigenvalue weighted by atomic mass is 9.90. The Balaban J connectivity index is 1.34. The number of amides is 1. The third-order valence-corrected chi connectivity index (χ3v) is 8.24. The van der Waals surface area contributed by atoms with Crippen LogP contribution in [0.1, 0.15) is 61.0 Å². The first-order valence-corrected chi connectivity index (χ1v) is 14.3. The number of rotatable bonds is 7. The van der Waals surface area contributed by atoms with Gasteiger partial charge in [0.15, 0.2) is 0 Å². The van der Waals surface area contributed by atoms with E-state index in [1.54, 1.807) is 17.2 Å². The highest BCUT2D eigenvalue weighted by Crippen LogP contribution is 2.36. The van der Waals surface area contributed by atoms with E-state index in [0.717, 1.165) is 60.0 Å². The van der Waals surface area contributed by atoms with Gasteiger partial charge in [0.2, 0.25) is 0 Å². The Bertz CT molecular complexity index is 1780. The number of carbonyl (C=O) groups excluding carboxylic acids is 1. The number of piperidine rings is 1. The summed E-state index contributed by atoms with van der Waals surface area (Å²) in [5.74, 6) is -0.335. The lowest BCUT2D eigenvalue weighted by molar-refractivity contribution is 0.0716. The maximum absolute atomic E-state index is 14.5. The van der Waals surface area contributed by atoms with E-state index >= 15 is 0 Å². The molecule has 2 N–H and O–H groups in total. The fraction of sp³-hybridized carbons (Fsp3) is 0.344. The van der Waals surface area contributed by atoms with Gasteiger partial charge in [-0.25, -0.2) is 9.18 Å². The Morgan fingerprint density at radius 1 is 1.15 bits per heavy atom. The molecule has 1 aliphatic heterocycles. The highest BCUT2D eigenvalue weighted by Gasteiger charge is 2.27. The van der Waals surface area contributed by atoms with Crippen molar-refractivity contribution in [3.8, 4) is 5.69 Å². The number of imidazole rings is 1. The van der Waals surface area contributed by atoms with Crippen LogP contribution in [0, 0.1) is 5.82 Å². The SMILES string of the molecule is CCN(C(=O)c1cc(F)ccc1-n1cc([C@@H]2CCCN(Cc3ccc4[nH]c(=O)[nH]c4c3)C2)c2ccncc21)C(C)C. The molecule has 41 heavy (non-hydrogen) atoms. The monoisotopic (exact) mass is 554 g/mol. The van der Waals surface area contributed by atoms with Crippen molar-refractivity contribution in [3.05, 3.63) is 94.0 Å². The number of pyridine rings is 1. The van der Waals surface area contributed by atoms with Gasteiger partial charge < -0.3 is 19.4 Å². The zero-order chi connectivity index (χ0) is 28.7. The largest absolute Gasteiger partial charge is 0.336 e. The van der Waals surface area contributed by atoms with Crippen molar-refractivity contribution < 1.29 is 9.18 Å². The molecule has 2 aromatic carbocycles. The predicted molar refractivity (Wildman–Crippen MR) is 159 cm³/mol. The minimum atomic E-state index is -0.434. The van der Waals surface area contributed by atoms with Crippen molar-refractivity contribution in [3.63, 3.8) is 0 Å². The van der Waals surface area contributed by atoms with Crippen molar-refractivity contribution in [1.29, 1.82) is 0 Å². The number of benzene rings is 2. The van der Waals surface area contributed by atoms with Crippen LogP contribution in [0.5, 0.6) is 0 Å². The van der Waals surface area contributed by atoms with Crippen LogP contribution in [0.3, 0.4) is 0 Å². The van der Waals surface area contributed by atoms with E-state index in [1.165, 1.54) is 17.7 Å². The number of nitrogens with one attached hydrogen (secondary N) is 2. The van der Waals surface area contributed by atoms with Crippen molar-refractivity contribution in [2.24, 2.45) is 0 Å². The van der Waals surface area contributed by atoms with Gasteiger partial charge >= 0.3 is 5.69 Å². The number of likely N-dealkylation sites (tertiary alicyclic amines) is 1. The van der Waals surface area contributed by atoms with Crippen LogP contribution in [0.4, 0.5) is 4.39 Å². The van der Waals surface area contributed by atoms with Gasteiger partial charge in [0.1, 0.15) is 5.82 Å². The Morgan fingerprint density at radius 2 is 1.98 bits per heavy atom. The van der Waals surface area contributed by atoms with Gasteiger partial charge in [-0.05, 0) is 93.6 Å². The standard InChI is InChI=1S/C32H35FN6O2/c1-4-38(20(2)3)31(40)25-15-23(33)8-10-29(25)39-19-26(24-11-12-34-16-30(24)39)22-6-5-13-37(18-22)17-21-7-9-27-28(14-21)36-32(41)35-27/h7-12,14-16,19-20,22H,4-6,13,17-18H2,1-3H3,(H2,35,36,41)/t22-/m1/s1. The normalized spacial score (nSPS) is 16.2. The molecular formula is C32H35FN6O2. The maximum atomic E-state index is 14.5. The van der Waals surface area contributed by atoms with E-state index in [0.29, 0.717) is 17.8 Å². The van der Waals surface area contributed by atoms with Crippen LogP contribution in [0.2, 0.25) is 0 Å². The number of H-pyrrole nitrogens is 2. The van der Waals surface area contributed by atoms with E-state index in [9.17, 15) is 14.0 Å². The summed E-state index contributed by atoms with van der Waals surface area (Å²) in [4.78, 5) is 39.6. The number of carbonyl (C=O) groups is 1. The molecule has 0 bridgehead atoms. The van der Waals surface area contributed by atoms with E-state index in [-0.39, 0.29) is 23.6 Å². The summed E-state index contributed by atoms with van der Waals surface area (Å²) in [7, 11) is 0. The first-order valence-electron chi connectivity index (χ1n) is 14.3. The number of hydrogen-bond acceptors (Lipinski definition) is 4. The zero-order valence-corrected chi connectivity index (χ0v) is 23.7. The first-order chi connectivity index (χ1) is 19.8. The molecule has 1 fully saturated rings. The molecule has 0 radical (unpaired) electrons. The topological polar surface area (TPSA) is 90.0 Å². The van der Waals surface area contributed by atoms with E-state index < -0.39 is 5.82 Å². The number of aromatic nitrogens is 4. The highest BCUT2D eigenvalue weighted by molar-refractivity contribution is 5.99. The summed E-state index contributed by atoms with van der Waals surface area (Å²) in [6.07, 6.45) is 7.86. The quantitative estimate of drug-likeness (QED) is 0.275. The number of hydrogen-bond donors (Lipinski definition) is 2. The Kier molecular flexibility index (Phi) is 7.21. The second-order valence-electron chi connectivity index (χ2n) is 11.2. The number of fused-ring (bicyclic) bond motifs is 2. The van der Waals surface area contributed by atoms with Crippen LogP contribution >= 0.6 is 0 Å². The van der Waals surface area contributed by atoms with E-state index in [1.807, 2.05) is 49.7 Å². The molecule has 1 saturated heterocycles. The summed E-state index contributed by atoms with van der Waals surface area (Å²) in [5, 5.41) is 1.09. The van der Waals surface area contributed by atoms with E-state index in [2.05, 4.69) is 32.1 Å². The molecule has 212 valence electrons. The molecule has 0 unspecified atom stereocenters. The molecule has 0 spiro atoms. The van der Waals surface area contributed by atoms with Crippen molar-refractivity contribution in [1.82, 2.24) is 29.3 Å². The molecule has 5 aromatic rings. The van der Waals surface area contributed by atoms with Crippen molar-refractivity contribution >= 4 is 27.8 Å². The minimum Gasteiger partial charge on any atom is -0.336 e. The van der Waals surface area contributed by atoms with Crippen molar-refractivity contribution in [2.75, 3.05) is 19.6 Å². The van der Waals surface area contributed by atoms with Gasteiger partial charge in [0.05, 0.1) is 34.0 Å². The van der Waals surface area contributed by atoms with Gasteiger partial charge in [-0.15, -0.1) is 0 Å². The van der Waals surface area contributed by atoms with Crippen LogP contribution in [0.25, 0.3) is 27.6 Å². The second-order valence-corrected chi connectivity index (χ2v) is 11.2. The second kappa shape index (κ2) is 11.0. The zero-order valence-electron chi connectivity index (χ0n) is 23.7. The third kappa shape index (κ3) is 5.17. The van der Waals surface area contributed by atoms with E-state index in [4.69, 9.17) is 0 Å². The van der Waals surface area contributed by atoms with Crippen LogP contribution < -0.4 is 5.69 Å². The number of halogens is 1. The average Bonchev–Trinajstić information content (AvgIpc) is 3.53. The lowest BCUT2D eigenvalue weighted by Gasteiger charge is -2.32. The lowest BCUT2D eigenvalue weighted by Crippen LogP contribution is -2.37. The molecule has 6 rings (SSSR count). The molecule has 1 amide bonds. The number of aromatic amines is 2. The molecule has 9 heteroatoms. The van der Waals surface area contributed by atoms with Gasteiger partial charge in [-0.2, -0.15) is 0 Å². The van der Waals surface area contributed by atoms with Crippen LogP contribution in [-0.2, 0) is 6.54 Å². The van der Waals surface area contributed by atoms with Crippen LogP contribution in [-0.4, -0.2) is 60.9 Å². The molecule has 4 heterocycles. The Morgan fingerprint density at radius 3 is 2.78 bits per heavy atom. The minimum absolute atomic E-state index is 0.00585. The molecule has 1 aliphatic rings. The predicted octanol–water partition coefficient (Wildman–Crippen LogP) is 5.58. The molecule has 1 atom stereocenters. The smallest absolute Gasteiger partial charge is 0.323 e. The summed E-state index contributed by atoms with van der Waals surface area (Å²) in [6.45, 7) is 9.09. The van der Waals surface area contributed by atoms with Gasteiger partial charge in [-0.1, -0.05) is 6.07 Å². The Hall–Kier alpha value is -4.24. The molecule has 0 saturated carbocycles.